The van der Waals surface area contributed by atoms with Gasteiger partial charge in [0.25, 0.3) is 0 Å². The fourth-order valence-electron chi connectivity index (χ4n) is 1.37. The van der Waals surface area contributed by atoms with E-state index in [-0.39, 0.29) is 5.91 Å². The summed E-state index contributed by atoms with van der Waals surface area (Å²) in [5.74, 6) is -0.301. The highest BCUT2D eigenvalue weighted by Gasteiger charge is 2.30. The topological polar surface area (TPSA) is 69.1 Å². The second kappa shape index (κ2) is 3.70. The number of carbonyl (C=O) groups excluding carboxylic acids is 1. The van der Waals surface area contributed by atoms with E-state index in [1.54, 1.807) is 12.1 Å². The number of rotatable bonds is 3. The van der Waals surface area contributed by atoms with E-state index in [0.717, 1.165) is 5.56 Å². The normalized spacial score (nSPS) is 14.7. The molecule has 3 nitrogen and oxygen atoms in total. The Morgan fingerprint density at radius 1 is 1.36 bits per heavy atom. The Morgan fingerprint density at radius 2 is 1.86 bits per heavy atom. The van der Waals surface area contributed by atoms with Gasteiger partial charge in [0.1, 0.15) is 0 Å². The van der Waals surface area contributed by atoms with Crippen LogP contribution in [0.25, 0.3) is 0 Å². The lowest BCUT2D eigenvalue weighted by Crippen LogP contribution is -2.37. The van der Waals surface area contributed by atoms with Crippen LogP contribution in [-0.2, 0) is 10.2 Å². The van der Waals surface area contributed by atoms with Crippen LogP contribution in [0, 0.1) is 0 Å². The molecule has 0 radical (unpaired) electrons. The Balaban J connectivity index is 3.13. The van der Waals surface area contributed by atoms with Crippen LogP contribution in [0.1, 0.15) is 25.8 Å². The van der Waals surface area contributed by atoms with Crippen molar-refractivity contribution in [3.8, 4) is 0 Å². The molecule has 1 rings (SSSR count). The largest absolute Gasteiger partial charge is 0.399 e. The smallest absolute Gasteiger partial charge is 0.227 e. The highest BCUT2D eigenvalue weighted by Crippen LogP contribution is 2.27. The Labute approximate surface area is 84.1 Å². The number of hydrogen-bond acceptors (Lipinski definition) is 2. The van der Waals surface area contributed by atoms with E-state index < -0.39 is 5.41 Å². The van der Waals surface area contributed by atoms with E-state index in [0.29, 0.717) is 12.1 Å². The van der Waals surface area contributed by atoms with Crippen molar-refractivity contribution in [2.45, 2.75) is 25.7 Å². The van der Waals surface area contributed by atoms with Crippen molar-refractivity contribution in [1.82, 2.24) is 0 Å². The van der Waals surface area contributed by atoms with Crippen LogP contribution in [0.5, 0.6) is 0 Å². The summed E-state index contributed by atoms with van der Waals surface area (Å²) in [5, 5.41) is 0. The van der Waals surface area contributed by atoms with E-state index in [1.165, 1.54) is 0 Å². The van der Waals surface area contributed by atoms with Gasteiger partial charge in [-0.15, -0.1) is 0 Å². The predicted molar refractivity (Wildman–Crippen MR) is 57.7 cm³/mol. The maximum atomic E-state index is 11.3. The minimum Gasteiger partial charge on any atom is -0.399 e. The van der Waals surface area contributed by atoms with Crippen molar-refractivity contribution >= 4 is 11.6 Å². The van der Waals surface area contributed by atoms with Crippen LogP contribution in [0.3, 0.4) is 0 Å². The third-order valence-electron chi connectivity index (χ3n) is 2.80. The molecule has 0 aliphatic carbocycles. The monoisotopic (exact) mass is 192 g/mol. The van der Waals surface area contributed by atoms with Crippen LogP contribution in [0.15, 0.2) is 24.3 Å². The summed E-state index contributed by atoms with van der Waals surface area (Å²) in [5.41, 5.74) is 12.0. The quantitative estimate of drug-likeness (QED) is 0.711. The first-order valence-electron chi connectivity index (χ1n) is 4.66. The van der Waals surface area contributed by atoms with E-state index in [9.17, 15) is 4.79 Å². The van der Waals surface area contributed by atoms with Gasteiger partial charge in [0.2, 0.25) is 5.91 Å². The average Bonchev–Trinajstić information content (AvgIpc) is 2.17. The third-order valence-corrected chi connectivity index (χ3v) is 2.80. The fraction of sp³-hybridized carbons (Fsp3) is 0.364. The highest BCUT2D eigenvalue weighted by molar-refractivity contribution is 5.86. The molecule has 0 aromatic heterocycles. The van der Waals surface area contributed by atoms with Gasteiger partial charge in [-0.3, -0.25) is 4.79 Å². The molecular weight excluding hydrogens is 176 g/mol. The van der Waals surface area contributed by atoms with Crippen LogP contribution in [-0.4, -0.2) is 5.91 Å². The Hall–Kier alpha value is -1.51. The number of benzene rings is 1. The zero-order chi connectivity index (χ0) is 10.8. The number of primary amides is 1. The second-order valence-electron chi connectivity index (χ2n) is 3.67. The summed E-state index contributed by atoms with van der Waals surface area (Å²) in [4.78, 5) is 11.3. The Bertz CT molecular complexity index is 332. The molecule has 0 bridgehead atoms. The Morgan fingerprint density at radius 3 is 2.21 bits per heavy atom. The summed E-state index contributed by atoms with van der Waals surface area (Å²) in [7, 11) is 0. The van der Waals surface area contributed by atoms with Gasteiger partial charge >= 0.3 is 0 Å². The van der Waals surface area contributed by atoms with E-state index in [2.05, 4.69) is 0 Å². The van der Waals surface area contributed by atoms with Gasteiger partial charge < -0.3 is 11.5 Å². The molecule has 0 aliphatic rings. The number of nitrogen functional groups attached to an aromatic ring is 1. The molecule has 0 saturated carbocycles. The lowest BCUT2D eigenvalue weighted by molar-refractivity contribution is -0.123. The maximum absolute atomic E-state index is 11.3. The van der Waals surface area contributed by atoms with Crippen LogP contribution in [0.2, 0.25) is 0 Å². The van der Waals surface area contributed by atoms with Gasteiger partial charge in [-0.25, -0.2) is 0 Å². The first-order chi connectivity index (χ1) is 6.50. The molecule has 1 atom stereocenters. The molecule has 1 aromatic rings. The lowest BCUT2D eigenvalue weighted by Gasteiger charge is -2.24. The zero-order valence-electron chi connectivity index (χ0n) is 8.58. The van der Waals surface area contributed by atoms with Crippen LogP contribution in [0.4, 0.5) is 5.69 Å². The molecule has 0 spiro atoms. The predicted octanol–water partition coefficient (Wildman–Crippen LogP) is 1.42. The van der Waals surface area contributed by atoms with Crippen molar-refractivity contribution in [2.24, 2.45) is 5.73 Å². The lowest BCUT2D eigenvalue weighted by atomic mass is 9.79. The van der Waals surface area contributed by atoms with E-state index in [1.807, 2.05) is 26.0 Å². The number of anilines is 1. The Kier molecular flexibility index (Phi) is 2.79. The molecule has 1 amide bonds. The van der Waals surface area contributed by atoms with Crippen LogP contribution >= 0.6 is 0 Å². The van der Waals surface area contributed by atoms with Crippen molar-refractivity contribution in [1.29, 1.82) is 0 Å². The first kappa shape index (κ1) is 10.6. The first-order valence-corrected chi connectivity index (χ1v) is 4.66. The van der Waals surface area contributed by atoms with Crippen molar-refractivity contribution in [2.75, 3.05) is 5.73 Å². The SMILES string of the molecule is CCC(C)(C(N)=O)c1ccc(N)cc1. The second-order valence-corrected chi connectivity index (χ2v) is 3.67. The molecule has 1 unspecified atom stereocenters. The summed E-state index contributed by atoms with van der Waals surface area (Å²) in [6.45, 7) is 3.79. The summed E-state index contributed by atoms with van der Waals surface area (Å²) < 4.78 is 0. The molecule has 0 saturated heterocycles. The maximum Gasteiger partial charge on any atom is 0.227 e. The van der Waals surface area contributed by atoms with Crippen LogP contribution < -0.4 is 11.5 Å². The number of amides is 1. The number of nitrogens with two attached hydrogens (primary N) is 2. The fourth-order valence-corrected chi connectivity index (χ4v) is 1.37. The zero-order valence-corrected chi connectivity index (χ0v) is 8.58. The molecule has 3 heteroatoms. The van der Waals surface area contributed by atoms with Gasteiger partial charge in [0, 0.05) is 5.69 Å². The minimum atomic E-state index is -0.590. The van der Waals surface area contributed by atoms with Gasteiger partial charge in [0.05, 0.1) is 5.41 Å². The van der Waals surface area contributed by atoms with E-state index >= 15 is 0 Å². The van der Waals surface area contributed by atoms with Gasteiger partial charge in [-0.1, -0.05) is 19.1 Å². The highest BCUT2D eigenvalue weighted by atomic mass is 16.1. The van der Waals surface area contributed by atoms with E-state index in [4.69, 9.17) is 11.5 Å². The number of hydrogen-bond donors (Lipinski definition) is 2. The molecule has 0 fully saturated rings. The minimum absolute atomic E-state index is 0.301. The van der Waals surface area contributed by atoms with Gasteiger partial charge in [-0.05, 0) is 31.0 Å². The van der Waals surface area contributed by atoms with Crippen molar-refractivity contribution in [3.05, 3.63) is 29.8 Å². The summed E-state index contributed by atoms with van der Waals surface area (Å²) in [6.07, 6.45) is 0.687. The third kappa shape index (κ3) is 1.71. The standard InChI is InChI=1S/C11H16N2O/c1-3-11(2,10(13)14)8-4-6-9(12)7-5-8/h4-7H,3,12H2,1-2H3,(H2,13,14). The molecule has 1 aromatic carbocycles. The van der Waals surface area contributed by atoms with Crippen molar-refractivity contribution < 1.29 is 4.79 Å². The average molecular weight is 192 g/mol. The van der Waals surface area contributed by atoms with Crippen molar-refractivity contribution in [3.63, 3.8) is 0 Å². The molecular formula is C11H16N2O. The molecule has 76 valence electrons. The summed E-state index contributed by atoms with van der Waals surface area (Å²) >= 11 is 0. The molecule has 0 heterocycles. The van der Waals surface area contributed by atoms with Gasteiger partial charge in [-0.2, -0.15) is 0 Å². The molecule has 4 N–H and O–H groups in total. The van der Waals surface area contributed by atoms with Gasteiger partial charge in [0.15, 0.2) is 0 Å². The molecule has 14 heavy (non-hydrogen) atoms. The summed E-state index contributed by atoms with van der Waals surface area (Å²) in [6, 6.07) is 7.27. The number of carbonyl (C=O) groups is 1. The molecule has 0 aliphatic heterocycles.